The molecule has 100 heavy (non-hydrogen) atoms. The molecule has 37 nitrogen and oxygen atoms in total. The summed E-state index contributed by atoms with van der Waals surface area (Å²) in [6.07, 6.45) is -0.424. The van der Waals surface area contributed by atoms with Gasteiger partial charge in [-0.3, -0.25) is 72.1 Å². The number of aliphatic carboxylic acids is 2. The van der Waals surface area contributed by atoms with E-state index in [9.17, 15) is 92.3 Å². The zero-order valence-corrected chi connectivity index (χ0v) is 57.3. The van der Waals surface area contributed by atoms with Crippen LogP contribution in [0, 0.1) is 11.8 Å². The molecule has 2 aliphatic rings. The maximum absolute atomic E-state index is 14.3. The van der Waals surface area contributed by atoms with Crippen LogP contribution in [-0.4, -0.2) is 243 Å². The van der Waals surface area contributed by atoms with Gasteiger partial charge in [0, 0.05) is 32.5 Å². The highest BCUT2D eigenvalue weighted by molar-refractivity contribution is 6.00. The molecule has 3 rings (SSSR count). The van der Waals surface area contributed by atoms with Crippen LogP contribution in [0.15, 0.2) is 35.3 Å². The second kappa shape index (κ2) is 42.4. The molecule has 0 spiro atoms. The number of guanidine groups is 1. The number of primary amides is 1. The molecule has 0 aromatic heterocycles. The van der Waals surface area contributed by atoms with Crippen LogP contribution >= 0.6 is 0 Å². The van der Waals surface area contributed by atoms with Gasteiger partial charge in [0.05, 0.1) is 25.7 Å². The molecule has 0 radical (unpaired) electrons. The van der Waals surface area contributed by atoms with Crippen LogP contribution in [0.5, 0.6) is 0 Å². The average molecular weight is 1420 g/mol. The lowest BCUT2D eigenvalue weighted by Crippen LogP contribution is -2.62. The number of carbonyl (C=O) groups excluding carboxylic acids is 13. The van der Waals surface area contributed by atoms with E-state index in [1.54, 1.807) is 58.0 Å². The van der Waals surface area contributed by atoms with Gasteiger partial charge in [-0.1, -0.05) is 64.4 Å². The number of nitrogens with zero attached hydrogens (tertiary/aromatic N) is 3. The first-order valence-corrected chi connectivity index (χ1v) is 33.3. The standard InChI is InChI=1S/C63H102N18O19/c1-7-33(4)49(59(96)77-43(31-83)61(98)81-27-15-21-45(81)57(94)74-40(22-23-47(85)86)52(89)70-34(5)50(87)75-41(62(99)100)28-36-16-9-8-10-17-36)79-54(91)38(18-11-12-24-64)72-55(92)42(30-82)76-53(90)39(19-13-25-69-63(67)68)73-56(93)44-20-14-26-80(44)60(97)35(6)71-58(95)48(32(2)3)78-51(88)37(65)29-46(66)84/h8-10,16-17,32-35,37-45,48-49,82-83H,7,11-15,18-31,64-65H2,1-6H3,(H2,66,84)(H,70,89)(H,71,95)(H,72,92)(H,73,93)(H,74,94)(H,75,87)(H,76,90)(H,77,96)(H,78,88)(H,79,91)(H,85,86)(H,99,100)(H4,67,68,69)/t33-,34-,35-,37-,38-,39-,40-,41-,42-,43-,44-,45-,48-,49-/m0/s1. The van der Waals surface area contributed by atoms with E-state index in [2.05, 4.69) is 58.2 Å². The number of nitrogens with one attached hydrogen (secondary N) is 10. The van der Waals surface area contributed by atoms with E-state index in [1.807, 2.05) is 0 Å². The molecule has 558 valence electrons. The number of carbonyl (C=O) groups is 15. The summed E-state index contributed by atoms with van der Waals surface area (Å²) in [7, 11) is 0. The number of nitrogens with two attached hydrogens (primary N) is 5. The third kappa shape index (κ3) is 27.2. The van der Waals surface area contributed by atoms with E-state index in [1.165, 1.54) is 18.7 Å². The van der Waals surface area contributed by atoms with Crippen molar-refractivity contribution in [2.24, 2.45) is 45.5 Å². The van der Waals surface area contributed by atoms with Crippen LogP contribution in [0.25, 0.3) is 0 Å². The Kier molecular flexibility index (Phi) is 35.8. The van der Waals surface area contributed by atoms with Crippen molar-refractivity contribution in [1.82, 2.24) is 63.0 Å². The van der Waals surface area contributed by atoms with Crippen LogP contribution in [-0.2, 0) is 78.3 Å². The number of hydrogen-bond acceptors (Lipinski definition) is 20. The van der Waals surface area contributed by atoms with Gasteiger partial charge in [-0.15, -0.1) is 0 Å². The SMILES string of the molecule is CC[C@H](C)[C@H](NC(=O)[C@H](CCCCN)NC(=O)[C@H](CO)NC(=O)[C@H](CCCN=C(N)N)NC(=O)[C@@H]1CCCN1C(=O)[C@H](C)NC(=O)[C@@H](NC(=O)[C@@H](N)CC(N)=O)C(C)C)C(=O)N[C@@H](CO)C(=O)N1CCC[C@H]1C(=O)N[C@@H](CCC(=O)O)C(=O)N[C@@H](C)C(=O)N[C@@H](Cc1ccccc1)C(=O)O. The molecule has 2 aliphatic heterocycles. The van der Waals surface area contributed by atoms with Gasteiger partial charge in [0.25, 0.3) is 0 Å². The topological polar surface area (TPSA) is 606 Å². The Bertz CT molecular complexity index is 3050. The van der Waals surface area contributed by atoms with Crippen molar-refractivity contribution < 1.29 is 92.3 Å². The number of amides is 13. The number of likely N-dealkylation sites (tertiary alicyclic amines) is 2. The van der Waals surface area contributed by atoms with Gasteiger partial charge in [0.1, 0.15) is 72.5 Å². The predicted octanol–water partition coefficient (Wildman–Crippen LogP) is -6.88. The number of benzene rings is 1. The molecular weight excluding hydrogens is 1310 g/mol. The maximum atomic E-state index is 14.3. The van der Waals surface area contributed by atoms with Crippen molar-refractivity contribution in [3.05, 3.63) is 35.9 Å². The third-order valence-electron chi connectivity index (χ3n) is 16.9. The second-order valence-electron chi connectivity index (χ2n) is 25.1. The molecule has 2 heterocycles. The van der Waals surface area contributed by atoms with Crippen molar-refractivity contribution in [3.63, 3.8) is 0 Å². The van der Waals surface area contributed by atoms with Crippen molar-refractivity contribution >= 4 is 94.7 Å². The number of hydrogen-bond donors (Lipinski definition) is 19. The first kappa shape index (κ1) is 84.6. The summed E-state index contributed by atoms with van der Waals surface area (Å²) in [6.45, 7) is 7.14. The number of aliphatic hydroxyl groups excluding tert-OH is 2. The first-order chi connectivity index (χ1) is 47.2. The van der Waals surface area contributed by atoms with Gasteiger partial charge in [-0.2, -0.15) is 0 Å². The second-order valence-corrected chi connectivity index (χ2v) is 25.1. The maximum Gasteiger partial charge on any atom is 0.326 e. The van der Waals surface area contributed by atoms with Crippen LogP contribution in [0.4, 0.5) is 0 Å². The van der Waals surface area contributed by atoms with E-state index >= 15 is 0 Å². The summed E-state index contributed by atoms with van der Waals surface area (Å²) in [5.74, 6) is -16.0. The van der Waals surface area contributed by atoms with Crippen LogP contribution in [0.2, 0.25) is 0 Å². The summed E-state index contributed by atoms with van der Waals surface area (Å²) < 4.78 is 0. The molecule has 0 bridgehead atoms. The van der Waals surface area contributed by atoms with E-state index < -0.39 is 212 Å². The minimum atomic E-state index is -1.79. The van der Waals surface area contributed by atoms with E-state index in [0.29, 0.717) is 18.4 Å². The average Bonchev–Trinajstić information content (AvgIpc) is 1.62. The van der Waals surface area contributed by atoms with Gasteiger partial charge in [0.2, 0.25) is 76.8 Å². The number of carboxylic acids is 2. The Hall–Kier alpha value is -9.62. The zero-order chi connectivity index (χ0) is 75.1. The monoisotopic (exact) mass is 1410 g/mol. The van der Waals surface area contributed by atoms with Gasteiger partial charge in [-0.05, 0) is 102 Å². The van der Waals surface area contributed by atoms with E-state index in [-0.39, 0.29) is 89.9 Å². The smallest absolute Gasteiger partial charge is 0.326 e. The first-order valence-electron chi connectivity index (χ1n) is 33.3. The van der Waals surface area contributed by atoms with Crippen LogP contribution in [0.3, 0.4) is 0 Å². The molecule has 13 amide bonds. The molecule has 0 saturated carbocycles. The van der Waals surface area contributed by atoms with Crippen molar-refractivity contribution in [1.29, 1.82) is 0 Å². The molecular formula is C63H102N18O19. The Labute approximate surface area is 578 Å². The van der Waals surface area contributed by atoms with Crippen LogP contribution in [0.1, 0.15) is 131 Å². The van der Waals surface area contributed by atoms with Crippen molar-refractivity contribution in [2.75, 3.05) is 39.4 Å². The molecule has 2 fully saturated rings. The summed E-state index contributed by atoms with van der Waals surface area (Å²) in [6, 6.07) is -10.2. The molecule has 0 aliphatic carbocycles. The summed E-state index contributed by atoms with van der Waals surface area (Å²) in [5.41, 5.74) is 28.3. The lowest BCUT2D eigenvalue weighted by molar-refractivity contribution is -0.144. The lowest BCUT2D eigenvalue weighted by Gasteiger charge is -2.31. The highest BCUT2D eigenvalue weighted by atomic mass is 16.4. The number of carboxylic acid groups (broad SMARTS) is 2. The molecule has 37 heteroatoms. The van der Waals surface area contributed by atoms with E-state index in [0.717, 1.165) is 4.90 Å². The Morgan fingerprint density at radius 1 is 0.540 bits per heavy atom. The highest BCUT2D eigenvalue weighted by Gasteiger charge is 2.43. The Morgan fingerprint density at radius 3 is 1.55 bits per heavy atom. The molecule has 1 aromatic rings. The van der Waals surface area contributed by atoms with Crippen LogP contribution < -0.4 is 81.8 Å². The minimum Gasteiger partial charge on any atom is -0.481 e. The Balaban J connectivity index is 1.78. The highest BCUT2D eigenvalue weighted by Crippen LogP contribution is 2.22. The number of unbranched alkanes of at least 4 members (excludes halogenated alkanes) is 1. The summed E-state index contributed by atoms with van der Waals surface area (Å²) >= 11 is 0. The fourth-order valence-electron chi connectivity index (χ4n) is 11.0. The molecule has 2 saturated heterocycles. The van der Waals surface area contributed by atoms with Gasteiger partial charge in [-0.25, -0.2) is 4.79 Å². The van der Waals surface area contributed by atoms with Gasteiger partial charge >= 0.3 is 11.9 Å². The van der Waals surface area contributed by atoms with Gasteiger partial charge in [0.15, 0.2) is 5.96 Å². The third-order valence-corrected chi connectivity index (χ3v) is 16.9. The fraction of sp³-hybridized carbons (Fsp3) is 0.651. The number of aliphatic hydroxyl groups is 2. The van der Waals surface area contributed by atoms with Crippen molar-refractivity contribution in [3.8, 4) is 0 Å². The summed E-state index contributed by atoms with van der Waals surface area (Å²) in [5, 5.41) is 65.2. The quantitative estimate of drug-likeness (QED) is 0.0164. The summed E-state index contributed by atoms with van der Waals surface area (Å²) in [4.78, 5) is 207. The largest absolute Gasteiger partial charge is 0.481 e. The number of aliphatic imine (C=N–C) groups is 1. The minimum absolute atomic E-state index is 0.00917. The lowest BCUT2D eigenvalue weighted by atomic mass is 9.97. The normalized spacial score (nSPS) is 17.8. The van der Waals surface area contributed by atoms with E-state index in [4.69, 9.17) is 28.7 Å². The zero-order valence-electron chi connectivity index (χ0n) is 57.3. The van der Waals surface area contributed by atoms with Crippen molar-refractivity contribution in [2.45, 2.75) is 210 Å². The molecule has 1 aromatic carbocycles. The molecule has 14 atom stereocenters. The van der Waals surface area contributed by atoms with Gasteiger partial charge < -0.3 is 112 Å². The molecule has 24 N–H and O–H groups in total. The fourth-order valence-corrected chi connectivity index (χ4v) is 11.0. The Morgan fingerprint density at radius 2 is 1.02 bits per heavy atom. The predicted molar refractivity (Wildman–Crippen MR) is 358 cm³/mol. The number of rotatable bonds is 43. The molecule has 0 unspecified atom stereocenters.